The molecule has 2 aromatic carbocycles. The van der Waals surface area contributed by atoms with Gasteiger partial charge in [0, 0.05) is 12.4 Å². The van der Waals surface area contributed by atoms with Crippen LogP contribution in [0.5, 0.6) is 0 Å². The van der Waals surface area contributed by atoms with Crippen LogP contribution in [0.4, 0.5) is 5.69 Å². The summed E-state index contributed by atoms with van der Waals surface area (Å²) in [5.74, 6) is -0.709. The number of benzene rings is 2. The Hall–Kier alpha value is -3.67. The lowest BCUT2D eigenvalue weighted by atomic mass is 10.2. The van der Waals surface area contributed by atoms with Crippen molar-refractivity contribution in [2.75, 3.05) is 4.90 Å². The summed E-state index contributed by atoms with van der Waals surface area (Å²) in [4.78, 5) is 29.7. The van der Waals surface area contributed by atoms with E-state index in [-0.39, 0.29) is 11.5 Å². The molecule has 0 fully saturated rings. The van der Waals surface area contributed by atoms with Crippen LogP contribution in [0.25, 0.3) is 17.1 Å². The van der Waals surface area contributed by atoms with E-state index >= 15 is 0 Å². The lowest BCUT2D eigenvalue weighted by Gasteiger charge is -2.16. The minimum atomic E-state index is -1.00. The summed E-state index contributed by atoms with van der Waals surface area (Å²) >= 11 is 0. The largest absolute Gasteiger partial charge is 0.478 e. The monoisotopic (exact) mass is 345 g/mol. The fraction of sp³-hybridized carbons (Fsp3) is 0.0500. The number of hydrogen-bond donors (Lipinski definition) is 1. The number of carboxylic acids is 1. The van der Waals surface area contributed by atoms with Crippen molar-refractivity contribution in [3.05, 3.63) is 72.1 Å². The zero-order valence-electron chi connectivity index (χ0n) is 14.0. The van der Waals surface area contributed by atoms with Crippen LogP contribution in [0.3, 0.4) is 0 Å². The Morgan fingerprint density at radius 1 is 1.08 bits per heavy atom. The van der Waals surface area contributed by atoms with Crippen molar-refractivity contribution in [1.82, 2.24) is 4.57 Å². The smallest absolute Gasteiger partial charge is 0.335 e. The van der Waals surface area contributed by atoms with E-state index in [0.717, 1.165) is 10.9 Å². The summed E-state index contributed by atoms with van der Waals surface area (Å²) in [6.07, 6.45) is 3.60. The number of para-hydroxylation sites is 1. The van der Waals surface area contributed by atoms with Crippen molar-refractivity contribution in [2.24, 2.45) is 4.99 Å². The predicted octanol–water partition coefficient (Wildman–Crippen LogP) is 3.60. The van der Waals surface area contributed by atoms with E-state index in [1.165, 1.54) is 17.0 Å². The fourth-order valence-electron chi connectivity index (χ4n) is 3.02. The molecule has 3 aromatic rings. The van der Waals surface area contributed by atoms with Gasteiger partial charge in [-0.1, -0.05) is 18.2 Å². The third-order valence-corrected chi connectivity index (χ3v) is 4.29. The van der Waals surface area contributed by atoms with Gasteiger partial charge < -0.3 is 9.67 Å². The number of anilines is 1. The number of carbonyl (C=O) groups excluding carboxylic acids is 1. The Morgan fingerprint density at radius 3 is 2.54 bits per heavy atom. The second-order valence-electron chi connectivity index (χ2n) is 5.95. The number of aromatic nitrogens is 1. The molecular formula is C20H15N3O3. The van der Waals surface area contributed by atoms with Gasteiger partial charge in [-0.05, 0) is 48.7 Å². The highest BCUT2D eigenvalue weighted by Gasteiger charge is 2.29. The molecule has 0 saturated heterocycles. The van der Waals surface area contributed by atoms with Gasteiger partial charge in [-0.2, -0.15) is 0 Å². The van der Waals surface area contributed by atoms with Crippen molar-refractivity contribution < 1.29 is 14.7 Å². The number of carboxylic acid groups (broad SMARTS) is 1. The van der Waals surface area contributed by atoms with Crippen LogP contribution >= 0.6 is 0 Å². The molecule has 1 aliphatic rings. The van der Waals surface area contributed by atoms with Gasteiger partial charge in [0.1, 0.15) is 11.5 Å². The lowest BCUT2D eigenvalue weighted by molar-refractivity contribution is -0.113. The number of fused-ring (bicyclic) bond motifs is 1. The van der Waals surface area contributed by atoms with Gasteiger partial charge in [-0.3, -0.25) is 9.69 Å². The van der Waals surface area contributed by atoms with Gasteiger partial charge in [-0.15, -0.1) is 0 Å². The predicted molar refractivity (Wildman–Crippen MR) is 100 cm³/mol. The fourth-order valence-corrected chi connectivity index (χ4v) is 3.02. The molecule has 0 radical (unpaired) electrons. The molecule has 6 heteroatoms. The van der Waals surface area contributed by atoms with E-state index in [1.54, 1.807) is 25.3 Å². The zero-order chi connectivity index (χ0) is 18.3. The number of aromatic carboxylic acids is 1. The van der Waals surface area contributed by atoms with Crippen LogP contribution < -0.4 is 4.90 Å². The molecule has 0 aliphatic carbocycles. The van der Waals surface area contributed by atoms with Crippen LogP contribution in [0.1, 0.15) is 17.3 Å². The minimum absolute atomic E-state index is 0.171. The van der Waals surface area contributed by atoms with E-state index in [9.17, 15) is 9.59 Å². The van der Waals surface area contributed by atoms with E-state index in [2.05, 4.69) is 4.99 Å². The van der Waals surface area contributed by atoms with Gasteiger partial charge in [-0.25, -0.2) is 9.79 Å². The number of hydrogen-bond acceptors (Lipinski definition) is 3. The van der Waals surface area contributed by atoms with Gasteiger partial charge in [0.25, 0.3) is 5.91 Å². The van der Waals surface area contributed by atoms with Gasteiger partial charge in [0.2, 0.25) is 0 Å². The molecule has 1 aliphatic heterocycles. The van der Waals surface area contributed by atoms with E-state index in [1.807, 2.05) is 41.1 Å². The molecule has 26 heavy (non-hydrogen) atoms. The average Bonchev–Trinajstić information content (AvgIpc) is 3.16. The number of aliphatic imine (C=N–C) groups is 1. The van der Waals surface area contributed by atoms with E-state index < -0.39 is 5.97 Å². The second-order valence-corrected chi connectivity index (χ2v) is 5.95. The lowest BCUT2D eigenvalue weighted by Crippen LogP contribution is -2.30. The molecule has 2 heterocycles. The van der Waals surface area contributed by atoms with Crippen LogP contribution in [-0.4, -0.2) is 27.4 Å². The Bertz CT molecular complexity index is 1090. The third kappa shape index (κ3) is 2.57. The summed E-state index contributed by atoms with van der Waals surface area (Å²) < 4.78 is 1.87. The maximum atomic E-state index is 12.8. The molecule has 0 atom stereocenters. The van der Waals surface area contributed by atoms with Gasteiger partial charge in [0.05, 0.1) is 16.8 Å². The van der Waals surface area contributed by atoms with Crippen molar-refractivity contribution in [2.45, 2.75) is 6.92 Å². The molecular weight excluding hydrogens is 330 g/mol. The molecule has 1 aromatic heterocycles. The molecule has 1 amide bonds. The molecule has 0 saturated carbocycles. The van der Waals surface area contributed by atoms with Crippen molar-refractivity contribution in [3.8, 4) is 0 Å². The molecule has 0 bridgehead atoms. The van der Waals surface area contributed by atoms with Crippen LogP contribution in [0, 0.1) is 0 Å². The van der Waals surface area contributed by atoms with Gasteiger partial charge >= 0.3 is 5.97 Å². The number of amidine groups is 1. The molecule has 6 nitrogen and oxygen atoms in total. The molecule has 1 N–H and O–H groups in total. The summed E-state index contributed by atoms with van der Waals surface area (Å²) in [7, 11) is 0. The molecule has 4 rings (SSSR count). The zero-order valence-corrected chi connectivity index (χ0v) is 14.0. The quantitative estimate of drug-likeness (QED) is 0.737. The first-order chi connectivity index (χ1) is 12.5. The molecule has 0 unspecified atom stereocenters. The SMILES string of the molecule is CC1=N/C(=C/n2ccc3ccccc32)C(=O)N1c1ccc(C(=O)O)cc1. The second kappa shape index (κ2) is 6.00. The Labute approximate surface area is 149 Å². The first-order valence-corrected chi connectivity index (χ1v) is 8.05. The first-order valence-electron chi connectivity index (χ1n) is 8.05. The molecule has 0 spiro atoms. The number of amides is 1. The van der Waals surface area contributed by atoms with Crippen molar-refractivity contribution in [3.63, 3.8) is 0 Å². The summed E-state index contributed by atoms with van der Waals surface area (Å²) in [5.41, 5.74) is 2.07. The highest BCUT2D eigenvalue weighted by Crippen LogP contribution is 2.25. The standard InChI is InChI=1S/C20H15N3O3/c1-13-21-17(12-22-11-10-14-4-2-3-5-18(14)22)19(24)23(13)16-8-6-15(7-9-16)20(25)26/h2-12H,1H3,(H,25,26)/b17-12+. The van der Waals surface area contributed by atoms with Crippen molar-refractivity contribution >= 4 is 40.5 Å². The van der Waals surface area contributed by atoms with E-state index in [4.69, 9.17) is 5.11 Å². The Kier molecular flexibility index (Phi) is 3.65. The normalized spacial score (nSPS) is 15.7. The highest BCUT2D eigenvalue weighted by molar-refractivity contribution is 6.27. The topological polar surface area (TPSA) is 74.9 Å². The molecule has 128 valence electrons. The van der Waals surface area contributed by atoms with E-state index in [0.29, 0.717) is 17.2 Å². The van der Waals surface area contributed by atoms with Crippen LogP contribution in [-0.2, 0) is 4.79 Å². The third-order valence-electron chi connectivity index (χ3n) is 4.29. The summed E-state index contributed by atoms with van der Waals surface area (Å²) in [6.45, 7) is 1.75. The summed E-state index contributed by atoms with van der Waals surface area (Å²) in [5, 5.41) is 10.1. The summed E-state index contributed by atoms with van der Waals surface area (Å²) in [6, 6.07) is 16.0. The van der Waals surface area contributed by atoms with Crippen LogP contribution in [0.2, 0.25) is 0 Å². The maximum absolute atomic E-state index is 12.8. The highest BCUT2D eigenvalue weighted by atomic mass is 16.4. The number of carbonyl (C=O) groups is 2. The number of rotatable bonds is 3. The Balaban J connectivity index is 1.69. The van der Waals surface area contributed by atoms with Crippen molar-refractivity contribution in [1.29, 1.82) is 0 Å². The van der Waals surface area contributed by atoms with Crippen LogP contribution in [0.15, 0.2) is 71.5 Å². The maximum Gasteiger partial charge on any atom is 0.335 e. The van der Waals surface area contributed by atoms with Gasteiger partial charge in [0.15, 0.2) is 0 Å². The average molecular weight is 345 g/mol. The minimum Gasteiger partial charge on any atom is -0.478 e. The Morgan fingerprint density at radius 2 is 1.81 bits per heavy atom. The first kappa shape index (κ1) is 15.8. The number of nitrogens with zero attached hydrogens (tertiary/aromatic N) is 3.